The summed E-state index contributed by atoms with van der Waals surface area (Å²) in [5.74, 6) is 0.764. The lowest BCUT2D eigenvalue weighted by atomic mass is 10.1. The Balaban J connectivity index is 2.87. The third-order valence-electron chi connectivity index (χ3n) is 2.37. The molecule has 0 radical (unpaired) electrons. The Kier molecular flexibility index (Phi) is 5.03. The quantitative estimate of drug-likeness (QED) is 0.727. The van der Waals surface area contributed by atoms with Crippen LogP contribution in [0.5, 0.6) is 0 Å². The van der Waals surface area contributed by atoms with Crippen molar-refractivity contribution in [1.82, 2.24) is 0 Å². The summed E-state index contributed by atoms with van der Waals surface area (Å²) < 4.78 is 23.6. The minimum atomic E-state index is -2.78. The molecule has 7 heteroatoms. The number of sulfone groups is 1. The second kappa shape index (κ2) is 5.14. The highest BCUT2D eigenvalue weighted by Gasteiger charge is 2.37. The Hall–Kier alpha value is 1.67. The second-order valence-corrected chi connectivity index (χ2v) is 15.5. The largest absolute Gasteiger partial charge is 0.228 e. The molecule has 0 aromatic rings. The first kappa shape index (κ1) is 12.7. The topological polar surface area (TPSA) is 34.1 Å². The molecule has 1 aliphatic rings. The maximum Gasteiger partial charge on any atom is 0.158 e. The molecule has 0 saturated carbocycles. The van der Waals surface area contributed by atoms with Gasteiger partial charge in [0.25, 0.3) is 0 Å². The molecule has 0 bridgehead atoms. The van der Waals surface area contributed by atoms with E-state index in [9.17, 15) is 8.42 Å². The minimum Gasteiger partial charge on any atom is -0.228 e. The van der Waals surface area contributed by atoms with Gasteiger partial charge in [0, 0.05) is 0 Å². The Morgan fingerprint density at radius 3 is 2.62 bits per heavy atom. The standard InChI is InChI=1S/C6H16O2P4S/c1-5-3-2-4-13(7,8)6(5)12(10)11-9/h5-6,11H,2-4,9-10H2,1H3/t5-,6+,12?/m0/s1. The summed E-state index contributed by atoms with van der Waals surface area (Å²) >= 11 is 0. The van der Waals surface area contributed by atoms with E-state index in [4.69, 9.17) is 0 Å². The lowest BCUT2D eigenvalue weighted by Crippen LogP contribution is -2.31. The van der Waals surface area contributed by atoms with Gasteiger partial charge in [-0.1, -0.05) is 14.9 Å². The zero-order valence-corrected chi connectivity index (χ0v) is 12.6. The third-order valence-corrected chi connectivity index (χ3v) is 18.0. The summed E-state index contributed by atoms with van der Waals surface area (Å²) in [6, 6.07) is 0. The predicted octanol–water partition coefficient (Wildman–Crippen LogP) is 2.81. The molecule has 4 unspecified atom stereocenters. The lowest BCUT2D eigenvalue weighted by Gasteiger charge is -2.32. The average Bonchev–Trinajstić information content (AvgIpc) is 2.02. The van der Waals surface area contributed by atoms with Crippen LogP contribution in [0.4, 0.5) is 0 Å². The number of hydrogen-bond donors (Lipinski definition) is 0. The molecular formula is C6H16O2P4S. The van der Waals surface area contributed by atoms with E-state index in [0.717, 1.165) is 12.8 Å². The van der Waals surface area contributed by atoms with Crippen molar-refractivity contribution in [2.24, 2.45) is 5.92 Å². The molecular weight excluding hydrogens is 260 g/mol. The van der Waals surface area contributed by atoms with E-state index in [2.05, 4.69) is 24.8 Å². The molecule has 0 aromatic carbocycles. The van der Waals surface area contributed by atoms with Gasteiger partial charge < -0.3 is 0 Å². The molecule has 0 aromatic heterocycles. The lowest BCUT2D eigenvalue weighted by molar-refractivity contribution is 0.500. The van der Waals surface area contributed by atoms with Gasteiger partial charge in [-0.15, -0.1) is 17.9 Å². The van der Waals surface area contributed by atoms with Gasteiger partial charge in [0.15, 0.2) is 9.84 Å². The fourth-order valence-electron chi connectivity index (χ4n) is 1.74. The van der Waals surface area contributed by atoms with E-state index in [-0.39, 0.29) is 4.99 Å². The maximum absolute atomic E-state index is 11.8. The van der Waals surface area contributed by atoms with Gasteiger partial charge in [0.1, 0.15) is 0 Å². The van der Waals surface area contributed by atoms with Gasteiger partial charge in [-0.3, -0.25) is 0 Å². The summed E-state index contributed by atoms with van der Waals surface area (Å²) in [6.45, 7) is 2.07. The van der Waals surface area contributed by atoms with Crippen LogP contribution in [0.2, 0.25) is 0 Å². The van der Waals surface area contributed by atoms with E-state index < -0.39 is 17.1 Å². The van der Waals surface area contributed by atoms with Gasteiger partial charge in [0.2, 0.25) is 0 Å². The smallest absolute Gasteiger partial charge is 0.158 e. The molecule has 0 N–H and O–H groups in total. The van der Waals surface area contributed by atoms with Crippen molar-refractivity contribution < 1.29 is 8.42 Å². The van der Waals surface area contributed by atoms with Crippen LogP contribution in [0.25, 0.3) is 0 Å². The molecule has 0 aliphatic carbocycles. The zero-order valence-electron chi connectivity index (χ0n) is 7.60. The van der Waals surface area contributed by atoms with Crippen LogP contribution in [-0.4, -0.2) is 19.2 Å². The zero-order chi connectivity index (χ0) is 10.1. The first-order chi connectivity index (χ1) is 5.99. The summed E-state index contributed by atoms with van der Waals surface area (Å²) in [5, 5.41) is 0. The molecule has 2 nitrogen and oxygen atoms in total. The molecule has 78 valence electrons. The highest BCUT2D eigenvalue weighted by atomic mass is 32.6. The molecule has 0 amide bonds. The monoisotopic (exact) mass is 276 g/mol. The summed E-state index contributed by atoms with van der Waals surface area (Å²) in [7, 11) is 2.92. The molecule has 13 heavy (non-hydrogen) atoms. The van der Waals surface area contributed by atoms with E-state index >= 15 is 0 Å². The van der Waals surface area contributed by atoms with E-state index in [0.29, 0.717) is 19.6 Å². The molecule has 1 heterocycles. The first-order valence-corrected chi connectivity index (χ1v) is 12.6. The Labute approximate surface area is 87.9 Å². The highest BCUT2D eigenvalue weighted by Crippen LogP contribution is 2.72. The van der Waals surface area contributed by atoms with Gasteiger partial charge in [0.05, 0.1) is 10.7 Å². The average molecular weight is 276 g/mol. The SMILES string of the molecule is C[C@H]1CCCS(=O)(=O)[C@H]1P(P)PP. The fourth-order valence-corrected chi connectivity index (χ4v) is 14.1. The van der Waals surface area contributed by atoms with Crippen molar-refractivity contribution >= 4 is 43.0 Å². The molecule has 1 aliphatic heterocycles. The second-order valence-electron chi connectivity index (χ2n) is 3.41. The van der Waals surface area contributed by atoms with Gasteiger partial charge >= 0.3 is 0 Å². The van der Waals surface area contributed by atoms with Crippen LogP contribution < -0.4 is 0 Å². The first-order valence-electron chi connectivity index (χ1n) is 4.21. The van der Waals surface area contributed by atoms with Crippen LogP contribution in [0.15, 0.2) is 0 Å². The molecule has 6 atom stereocenters. The van der Waals surface area contributed by atoms with Crippen LogP contribution in [0.1, 0.15) is 19.8 Å². The Bertz CT molecular complexity index is 262. The fraction of sp³-hybridized carbons (Fsp3) is 1.00. The van der Waals surface area contributed by atoms with E-state index in [1.165, 1.54) is 0 Å². The van der Waals surface area contributed by atoms with Gasteiger partial charge in [-0.2, -0.15) is 0 Å². The van der Waals surface area contributed by atoms with Crippen molar-refractivity contribution in [1.29, 1.82) is 0 Å². The van der Waals surface area contributed by atoms with Crippen molar-refractivity contribution in [2.75, 3.05) is 5.75 Å². The maximum atomic E-state index is 11.8. The molecule has 1 rings (SSSR count). The summed E-state index contributed by atoms with van der Waals surface area (Å²) in [5.41, 5.74) is 0. The van der Waals surface area contributed by atoms with Crippen molar-refractivity contribution in [3.63, 3.8) is 0 Å². The Morgan fingerprint density at radius 2 is 2.15 bits per heavy atom. The van der Waals surface area contributed by atoms with Crippen molar-refractivity contribution in [3.05, 3.63) is 0 Å². The van der Waals surface area contributed by atoms with Crippen molar-refractivity contribution in [3.8, 4) is 0 Å². The molecule has 1 saturated heterocycles. The van der Waals surface area contributed by atoms with Crippen LogP contribution in [0, 0.1) is 5.92 Å². The highest BCUT2D eigenvalue weighted by molar-refractivity contribution is 8.62. The molecule has 0 spiro atoms. The number of hydrogen-bond acceptors (Lipinski definition) is 2. The number of rotatable bonds is 2. The summed E-state index contributed by atoms with van der Waals surface area (Å²) in [6.07, 6.45) is 1.93. The van der Waals surface area contributed by atoms with Gasteiger partial charge in [-0.25, -0.2) is 8.42 Å². The van der Waals surface area contributed by atoms with E-state index in [1.54, 1.807) is 0 Å². The summed E-state index contributed by atoms with van der Waals surface area (Å²) in [4.78, 5) is -0.0583. The van der Waals surface area contributed by atoms with Gasteiger partial charge in [-0.05, 0) is 26.1 Å². The Morgan fingerprint density at radius 1 is 1.54 bits per heavy atom. The van der Waals surface area contributed by atoms with Crippen LogP contribution in [0.3, 0.4) is 0 Å². The van der Waals surface area contributed by atoms with Crippen molar-refractivity contribution in [2.45, 2.75) is 24.8 Å². The minimum absolute atomic E-state index is 0.0583. The predicted molar refractivity (Wildman–Crippen MR) is 70.6 cm³/mol. The molecule has 1 fully saturated rings. The normalized spacial score (nSPS) is 36.5. The van der Waals surface area contributed by atoms with Crippen LogP contribution >= 0.6 is 33.1 Å². The van der Waals surface area contributed by atoms with E-state index in [1.807, 2.05) is 0 Å². The van der Waals surface area contributed by atoms with Crippen LogP contribution in [-0.2, 0) is 9.84 Å². The third kappa shape index (κ3) is 3.06.